The first-order valence-corrected chi connectivity index (χ1v) is 9.91. The predicted molar refractivity (Wildman–Crippen MR) is 113 cm³/mol. The summed E-state index contributed by atoms with van der Waals surface area (Å²) in [4.78, 5) is 19.7. The van der Waals surface area contributed by atoms with Crippen molar-refractivity contribution in [2.24, 2.45) is 5.73 Å². The molecule has 4 nitrogen and oxygen atoms in total. The van der Waals surface area contributed by atoms with Gasteiger partial charge in [-0.15, -0.1) is 36.2 Å². The van der Waals surface area contributed by atoms with Gasteiger partial charge in [-0.2, -0.15) is 0 Å². The number of likely N-dealkylation sites (tertiary alicyclic amines) is 1. The van der Waals surface area contributed by atoms with Crippen LogP contribution in [0.3, 0.4) is 0 Å². The Labute approximate surface area is 171 Å². The molecule has 1 saturated carbocycles. The molecule has 0 bridgehead atoms. The highest BCUT2D eigenvalue weighted by atomic mass is 35.5. The number of rotatable bonds is 2. The van der Waals surface area contributed by atoms with Crippen LogP contribution in [0.15, 0.2) is 24.3 Å². The normalized spacial score (nSPS) is 20.3. The van der Waals surface area contributed by atoms with Crippen molar-refractivity contribution in [3.63, 3.8) is 0 Å². The lowest BCUT2D eigenvalue weighted by atomic mass is 9.81. The van der Waals surface area contributed by atoms with Crippen LogP contribution in [0.2, 0.25) is 0 Å². The lowest BCUT2D eigenvalue weighted by molar-refractivity contribution is -0.139. The first-order chi connectivity index (χ1) is 11.7. The lowest BCUT2D eigenvalue weighted by Gasteiger charge is -2.39. The Morgan fingerprint density at radius 3 is 2.42 bits per heavy atom. The molecular weight excluding hydrogens is 389 g/mol. The van der Waals surface area contributed by atoms with Crippen molar-refractivity contribution in [2.75, 3.05) is 13.1 Å². The summed E-state index contributed by atoms with van der Waals surface area (Å²) in [5, 5.41) is 1.23. The SMILES string of the molecule is Cl.Cl.NC1(C(=O)N2CCC(c3nc4ccccc4s3)CC2)CCCCC1. The maximum absolute atomic E-state index is 12.8. The van der Waals surface area contributed by atoms with E-state index in [1.54, 1.807) is 11.3 Å². The monoisotopic (exact) mass is 415 g/mol. The number of aromatic nitrogens is 1. The van der Waals surface area contributed by atoms with Crippen LogP contribution < -0.4 is 5.73 Å². The summed E-state index contributed by atoms with van der Waals surface area (Å²) < 4.78 is 1.26. The van der Waals surface area contributed by atoms with Crippen molar-refractivity contribution in [3.8, 4) is 0 Å². The van der Waals surface area contributed by atoms with Crippen molar-refractivity contribution in [3.05, 3.63) is 29.3 Å². The van der Waals surface area contributed by atoms with Crippen LogP contribution in [0.1, 0.15) is 55.9 Å². The molecule has 2 heterocycles. The standard InChI is InChI=1S/C19H25N3OS.2ClH/c20-19(10-4-1-5-11-19)18(23)22-12-8-14(9-13-22)17-21-15-6-2-3-7-16(15)24-17;;/h2-3,6-7,14H,1,4-5,8-13,20H2;2*1H. The molecule has 1 aromatic heterocycles. The van der Waals surface area contributed by atoms with Crippen LogP contribution in [0.5, 0.6) is 0 Å². The Kier molecular flexibility index (Phi) is 7.31. The van der Waals surface area contributed by atoms with Crippen LogP contribution in [0, 0.1) is 0 Å². The van der Waals surface area contributed by atoms with Crippen LogP contribution in [-0.2, 0) is 4.79 Å². The number of carbonyl (C=O) groups excluding carboxylic acids is 1. The number of nitrogens with two attached hydrogens (primary N) is 1. The first kappa shape index (κ1) is 21.4. The number of hydrogen-bond donors (Lipinski definition) is 1. The summed E-state index contributed by atoms with van der Waals surface area (Å²) in [6, 6.07) is 8.32. The Balaban J connectivity index is 0.00000121. The molecule has 7 heteroatoms. The Morgan fingerprint density at radius 2 is 1.77 bits per heavy atom. The molecule has 2 N–H and O–H groups in total. The van der Waals surface area contributed by atoms with E-state index >= 15 is 0 Å². The lowest BCUT2D eigenvalue weighted by Crippen LogP contribution is -2.57. The van der Waals surface area contributed by atoms with Gasteiger partial charge < -0.3 is 10.6 Å². The quantitative estimate of drug-likeness (QED) is 0.784. The molecule has 1 aliphatic carbocycles. The van der Waals surface area contributed by atoms with Gasteiger partial charge in [-0.25, -0.2) is 4.98 Å². The summed E-state index contributed by atoms with van der Waals surface area (Å²) in [7, 11) is 0. The van der Waals surface area contributed by atoms with Gasteiger partial charge >= 0.3 is 0 Å². The first-order valence-electron chi connectivity index (χ1n) is 9.09. The number of para-hydroxylation sites is 1. The third kappa shape index (κ3) is 4.16. The second-order valence-electron chi connectivity index (χ2n) is 7.30. The van der Waals surface area contributed by atoms with Gasteiger partial charge in [-0.1, -0.05) is 31.4 Å². The molecule has 1 aliphatic heterocycles. The van der Waals surface area contributed by atoms with Crippen molar-refractivity contribution >= 4 is 52.3 Å². The number of thiazole rings is 1. The highest BCUT2D eigenvalue weighted by Gasteiger charge is 2.39. The number of amides is 1. The Morgan fingerprint density at radius 1 is 1.12 bits per heavy atom. The number of fused-ring (bicyclic) bond motifs is 1. The van der Waals surface area contributed by atoms with Crippen LogP contribution in [-0.4, -0.2) is 34.4 Å². The molecule has 1 amide bonds. The van der Waals surface area contributed by atoms with Crippen LogP contribution in [0.4, 0.5) is 0 Å². The van der Waals surface area contributed by atoms with Gasteiger partial charge in [0.15, 0.2) is 0 Å². The molecule has 2 fully saturated rings. The fourth-order valence-corrected chi connectivity index (χ4v) is 5.24. The van der Waals surface area contributed by atoms with E-state index in [1.165, 1.54) is 16.1 Å². The molecule has 2 aliphatic rings. The zero-order chi connectivity index (χ0) is 16.6. The minimum Gasteiger partial charge on any atom is -0.341 e. The summed E-state index contributed by atoms with van der Waals surface area (Å²) in [6.07, 6.45) is 7.09. The molecule has 1 saturated heterocycles. The largest absolute Gasteiger partial charge is 0.341 e. The number of hydrogen-bond acceptors (Lipinski definition) is 4. The topological polar surface area (TPSA) is 59.2 Å². The summed E-state index contributed by atoms with van der Waals surface area (Å²) in [5.41, 5.74) is 6.93. The van der Waals surface area contributed by atoms with E-state index < -0.39 is 5.54 Å². The Bertz CT molecular complexity index is 704. The fraction of sp³-hybridized carbons (Fsp3) is 0.579. The average Bonchev–Trinajstić information content (AvgIpc) is 3.06. The van der Waals surface area contributed by atoms with Crippen molar-refractivity contribution < 1.29 is 4.79 Å². The predicted octanol–water partition coefficient (Wildman–Crippen LogP) is 4.51. The minimum atomic E-state index is -0.596. The van der Waals surface area contributed by atoms with Gasteiger partial charge in [-0.05, 0) is 37.8 Å². The van der Waals surface area contributed by atoms with E-state index in [-0.39, 0.29) is 30.7 Å². The number of carbonyl (C=O) groups is 1. The third-order valence-corrected chi connectivity index (χ3v) is 6.81. The van der Waals surface area contributed by atoms with Crippen molar-refractivity contribution in [1.82, 2.24) is 9.88 Å². The zero-order valence-electron chi connectivity index (χ0n) is 14.9. The summed E-state index contributed by atoms with van der Waals surface area (Å²) in [5.74, 6) is 0.663. The number of nitrogens with zero attached hydrogens (tertiary/aromatic N) is 2. The fourth-order valence-electron chi connectivity index (χ4n) is 4.11. The van der Waals surface area contributed by atoms with Gasteiger partial charge in [0, 0.05) is 19.0 Å². The van der Waals surface area contributed by atoms with E-state index in [4.69, 9.17) is 10.7 Å². The molecule has 0 unspecified atom stereocenters. The van der Waals surface area contributed by atoms with E-state index in [2.05, 4.69) is 18.2 Å². The van der Waals surface area contributed by atoms with Crippen molar-refractivity contribution in [2.45, 2.75) is 56.4 Å². The molecule has 4 rings (SSSR count). The maximum Gasteiger partial charge on any atom is 0.242 e. The van der Waals surface area contributed by atoms with Crippen LogP contribution in [0.25, 0.3) is 10.2 Å². The van der Waals surface area contributed by atoms with Gasteiger partial charge in [0.1, 0.15) is 0 Å². The molecule has 1 aromatic carbocycles. The zero-order valence-corrected chi connectivity index (χ0v) is 17.3. The molecule has 144 valence electrons. The molecule has 2 aromatic rings. The van der Waals surface area contributed by atoms with Crippen LogP contribution >= 0.6 is 36.2 Å². The van der Waals surface area contributed by atoms with E-state index in [1.807, 2.05) is 11.0 Å². The molecular formula is C19H27Cl2N3OS. The third-order valence-electron chi connectivity index (χ3n) is 5.61. The van der Waals surface area contributed by atoms with Crippen molar-refractivity contribution in [1.29, 1.82) is 0 Å². The second-order valence-corrected chi connectivity index (χ2v) is 8.37. The summed E-state index contributed by atoms with van der Waals surface area (Å²) >= 11 is 1.80. The van der Waals surface area contributed by atoms with E-state index in [0.717, 1.165) is 57.1 Å². The maximum atomic E-state index is 12.8. The summed E-state index contributed by atoms with van der Waals surface area (Å²) in [6.45, 7) is 1.64. The average molecular weight is 416 g/mol. The van der Waals surface area contributed by atoms with E-state index in [0.29, 0.717) is 5.92 Å². The highest BCUT2D eigenvalue weighted by Crippen LogP contribution is 2.35. The smallest absolute Gasteiger partial charge is 0.242 e. The molecule has 0 radical (unpaired) electrons. The van der Waals surface area contributed by atoms with E-state index in [9.17, 15) is 4.79 Å². The molecule has 0 atom stereocenters. The Hall–Kier alpha value is -0.880. The van der Waals surface area contributed by atoms with Gasteiger partial charge in [-0.3, -0.25) is 4.79 Å². The molecule has 0 spiro atoms. The second kappa shape index (κ2) is 8.87. The number of halogens is 2. The van der Waals surface area contributed by atoms with Gasteiger partial charge in [0.05, 0.1) is 20.8 Å². The number of benzene rings is 1. The molecule has 26 heavy (non-hydrogen) atoms. The highest BCUT2D eigenvalue weighted by molar-refractivity contribution is 7.18. The number of piperidine rings is 1. The van der Waals surface area contributed by atoms with Gasteiger partial charge in [0.2, 0.25) is 5.91 Å². The van der Waals surface area contributed by atoms with Gasteiger partial charge in [0.25, 0.3) is 0 Å². The minimum absolute atomic E-state index is 0.